The van der Waals surface area contributed by atoms with E-state index in [1.165, 1.54) is 11.8 Å². The Balaban J connectivity index is 1.37. The first-order valence-corrected chi connectivity index (χ1v) is 12.5. The zero-order valence-corrected chi connectivity index (χ0v) is 18.9. The number of likely N-dealkylation sites (tertiary alicyclic amines) is 1. The maximum Gasteiger partial charge on any atom is 0.194 e. The standard InChI is InChI=1S/C23H30N4O3S/c1-24-23(25-14-18-8-10-20(11-9-18)31(2,28)29)27-16-21-22(17-27)30-13-12-26(21)15-19-6-4-3-5-7-19/h3-11,21-22H,12-17H2,1-2H3,(H,24,25). The van der Waals surface area contributed by atoms with Crippen molar-refractivity contribution in [2.75, 3.05) is 39.5 Å². The number of nitrogens with one attached hydrogen (secondary N) is 1. The van der Waals surface area contributed by atoms with Crippen molar-refractivity contribution in [3.05, 3.63) is 65.7 Å². The first kappa shape index (κ1) is 21.8. The molecule has 8 heteroatoms. The summed E-state index contributed by atoms with van der Waals surface area (Å²) in [5.74, 6) is 0.838. The van der Waals surface area contributed by atoms with Crippen LogP contribution < -0.4 is 5.32 Å². The fourth-order valence-corrected chi connectivity index (χ4v) is 4.94. The second-order valence-electron chi connectivity index (χ2n) is 8.15. The second kappa shape index (κ2) is 9.38. The van der Waals surface area contributed by atoms with Crippen LogP contribution in [0, 0.1) is 0 Å². The molecule has 0 aromatic heterocycles. The van der Waals surface area contributed by atoms with Gasteiger partial charge in [0, 0.05) is 46.0 Å². The summed E-state index contributed by atoms with van der Waals surface area (Å²) in [5.41, 5.74) is 2.33. The van der Waals surface area contributed by atoms with Gasteiger partial charge in [-0.05, 0) is 23.3 Å². The number of aliphatic imine (C=N–C) groups is 1. The van der Waals surface area contributed by atoms with E-state index in [1.54, 1.807) is 19.2 Å². The van der Waals surface area contributed by atoms with Crippen molar-refractivity contribution in [1.29, 1.82) is 0 Å². The molecule has 0 bridgehead atoms. The quantitative estimate of drug-likeness (QED) is 0.562. The van der Waals surface area contributed by atoms with Crippen LogP contribution in [0.15, 0.2) is 64.5 Å². The summed E-state index contributed by atoms with van der Waals surface area (Å²) >= 11 is 0. The Morgan fingerprint density at radius 1 is 1.10 bits per heavy atom. The van der Waals surface area contributed by atoms with Gasteiger partial charge in [-0.2, -0.15) is 0 Å². The van der Waals surface area contributed by atoms with Gasteiger partial charge < -0.3 is 15.0 Å². The average Bonchev–Trinajstić information content (AvgIpc) is 3.20. The summed E-state index contributed by atoms with van der Waals surface area (Å²) in [4.78, 5) is 9.57. The van der Waals surface area contributed by atoms with E-state index in [-0.39, 0.29) is 6.10 Å². The van der Waals surface area contributed by atoms with Gasteiger partial charge >= 0.3 is 0 Å². The average molecular weight is 443 g/mol. The molecule has 2 aliphatic rings. The molecule has 4 rings (SSSR count). The third kappa shape index (κ3) is 5.26. The number of hydrogen-bond acceptors (Lipinski definition) is 5. The summed E-state index contributed by atoms with van der Waals surface area (Å²) < 4.78 is 29.4. The van der Waals surface area contributed by atoms with Crippen LogP contribution in [0.3, 0.4) is 0 Å². The van der Waals surface area contributed by atoms with Crippen LogP contribution in [0.1, 0.15) is 11.1 Å². The van der Waals surface area contributed by atoms with E-state index in [1.807, 2.05) is 18.2 Å². The minimum absolute atomic E-state index is 0.171. The molecule has 2 saturated heterocycles. The number of benzene rings is 2. The summed E-state index contributed by atoms with van der Waals surface area (Å²) in [6.07, 6.45) is 1.39. The molecule has 2 fully saturated rings. The molecule has 7 nitrogen and oxygen atoms in total. The van der Waals surface area contributed by atoms with Gasteiger partial charge in [-0.3, -0.25) is 9.89 Å². The Labute approximate surface area is 184 Å². The molecule has 2 unspecified atom stereocenters. The monoisotopic (exact) mass is 442 g/mol. The van der Waals surface area contributed by atoms with Gasteiger partial charge in [-0.25, -0.2) is 8.42 Å². The number of sulfone groups is 1. The molecule has 2 aromatic rings. The lowest BCUT2D eigenvalue weighted by Crippen LogP contribution is -2.50. The Morgan fingerprint density at radius 3 is 2.52 bits per heavy atom. The van der Waals surface area contributed by atoms with E-state index in [9.17, 15) is 8.42 Å². The van der Waals surface area contributed by atoms with E-state index < -0.39 is 9.84 Å². The summed E-state index contributed by atoms with van der Waals surface area (Å²) in [6, 6.07) is 17.9. The van der Waals surface area contributed by atoms with Crippen LogP contribution in [0.2, 0.25) is 0 Å². The molecule has 0 radical (unpaired) electrons. The zero-order chi connectivity index (χ0) is 21.8. The van der Waals surface area contributed by atoms with Crippen LogP contribution >= 0.6 is 0 Å². The van der Waals surface area contributed by atoms with E-state index in [4.69, 9.17) is 4.74 Å². The van der Waals surface area contributed by atoms with Crippen LogP contribution in [0.4, 0.5) is 0 Å². The highest BCUT2D eigenvalue weighted by Crippen LogP contribution is 2.24. The third-order valence-electron chi connectivity index (χ3n) is 5.96. The number of hydrogen-bond donors (Lipinski definition) is 1. The molecule has 0 saturated carbocycles. The lowest BCUT2D eigenvalue weighted by atomic mass is 10.1. The van der Waals surface area contributed by atoms with Crippen LogP contribution in [-0.2, 0) is 27.7 Å². The van der Waals surface area contributed by atoms with Gasteiger partial charge in [0.15, 0.2) is 15.8 Å². The SMILES string of the molecule is CN=C(NCc1ccc(S(C)(=O)=O)cc1)N1CC2OCCN(Cc3ccccc3)C2C1. The van der Waals surface area contributed by atoms with E-state index in [2.05, 4.69) is 44.4 Å². The molecule has 166 valence electrons. The van der Waals surface area contributed by atoms with Gasteiger partial charge in [0.1, 0.15) is 0 Å². The predicted molar refractivity (Wildman–Crippen MR) is 122 cm³/mol. The number of guanidine groups is 1. The molecule has 31 heavy (non-hydrogen) atoms. The van der Waals surface area contributed by atoms with E-state index >= 15 is 0 Å². The highest BCUT2D eigenvalue weighted by molar-refractivity contribution is 7.90. The molecule has 0 amide bonds. The smallest absolute Gasteiger partial charge is 0.194 e. The first-order valence-electron chi connectivity index (χ1n) is 10.6. The largest absolute Gasteiger partial charge is 0.373 e. The Morgan fingerprint density at radius 2 is 1.84 bits per heavy atom. The molecular formula is C23H30N4O3S. The number of ether oxygens (including phenoxy) is 1. The van der Waals surface area contributed by atoms with Crippen LogP contribution in [0.25, 0.3) is 0 Å². The Kier molecular flexibility index (Phi) is 6.60. The van der Waals surface area contributed by atoms with E-state index in [0.717, 1.165) is 44.3 Å². The molecule has 1 N–H and O–H groups in total. The molecule has 2 aliphatic heterocycles. The Bertz CT molecular complexity index is 1010. The topological polar surface area (TPSA) is 74.2 Å². The van der Waals surface area contributed by atoms with Gasteiger partial charge in [0.05, 0.1) is 23.6 Å². The maximum absolute atomic E-state index is 11.6. The lowest BCUT2D eigenvalue weighted by Gasteiger charge is -2.36. The summed E-state index contributed by atoms with van der Waals surface area (Å²) in [6.45, 7) is 4.87. The lowest BCUT2D eigenvalue weighted by molar-refractivity contribution is -0.0502. The highest BCUT2D eigenvalue weighted by Gasteiger charge is 2.41. The van der Waals surface area contributed by atoms with Gasteiger partial charge in [0.25, 0.3) is 0 Å². The predicted octanol–water partition coefficient (Wildman–Crippen LogP) is 1.75. The van der Waals surface area contributed by atoms with Crippen molar-refractivity contribution in [1.82, 2.24) is 15.1 Å². The normalized spacial score (nSPS) is 22.4. The maximum atomic E-state index is 11.6. The summed E-state index contributed by atoms with van der Waals surface area (Å²) in [7, 11) is -1.39. The molecular weight excluding hydrogens is 412 g/mol. The fraction of sp³-hybridized carbons (Fsp3) is 0.435. The molecule has 0 spiro atoms. The van der Waals surface area contributed by atoms with Crippen molar-refractivity contribution in [3.63, 3.8) is 0 Å². The summed E-state index contributed by atoms with van der Waals surface area (Å²) in [5, 5.41) is 3.41. The number of nitrogens with zero attached hydrogens (tertiary/aromatic N) is 3. The molecule has 2 atom stereocenters. The van der Waals surface area contributed by atoms with Crippen molar-refractivity contribution in [2.24, 2.45) is 4.99 Å². The Hall–Kier alpha value is -2.42. The van der Waals surface area contributed by atoms with Crippen LogP contribution in [0.5, 0.6) is 0 Å². The first-order chi connectivity index (χ1) is 14.9. The highest BCUT2D eigenvalue weighted by atomic mass is 32.2. The molecule has 2 aromatic carbocycles. The number of morpholine rings is 1. The minimum atomic E-state index is -3.18. The number of fused-ring (bicyclic) bond motifs is 1. The van der Waals surface area contributed by atoms with Gasteiger partial charge in [-0.15, -0.1) is 0 Å². The van der Waals surface area contributed by atoms with Crippen molar-refractivity contribution < 1.29 is 13.2 Å². The zero-order valence-electron chi connectivity index (χ0n) is 18.1. The van der Waals surface area contributed by atoms with Crippen LogP contribution in [-0.4, -0.2) is 75.9 Å². The van der Waals surface area contributed by atoms with Crippen molar-refractivity contribution in [3.8, 4) is 0 Å². The van der Waals surface area contributed by atoms with Crippen molar-refractivity contribution in [2.45, 2.75) is 30.1 Å². The van der Waals surface area contributed by atoms with E-state index in [0.29, 0.717) is 17.5 Å². The second-order valence-corrected chi connectivity index (χ2v) is 10.2. The number of rotatable bonds is 5. The van der Waals surface area contributed by atoms with Gasteiger partial charge in [0.2, 0.25) is 0 Å². The fourth-order valence-electron chi connectivity index (χ4n) is 4.31. The minimum Gasteiger partial charge on any atom is -0.373 e. The van der Waals surface area contributed by atoms with Gasteiger partial charge in [-0.1, -0.05) is 42.5 Å². The van der Waals surface area contributed by atoms with Crippen molar-refractivity contribution >= 4 is 15.8 Å². The molecule has 0 aliphatic carbocycles. The molecule has 2 heterocycles. The third-order valence-corrected chi connectivity index (χ3v) is 7.09.